The first-order chi connectivity index (χ1) is 9.99. The smallest absolute Gasteiger partial charge is 0.249 e. The fourth-order valence-corrected chi connectivity index (χ4v) is 2.58. The normalized spacial score (nSPS) is 15.0. The third kappa shape index (κ3) is 2.32. The van der Waals surface area contributed by atoms with Crippen molar-refractivity contribution in [2.45, 2.75) is 12.8 Å². The highest BCUT2D eigenvalue weighted by atomic mass is 35.5. The van der Waals surface area contributed by atoms with Gasteiger partial charge in [-0.05, 0) is 24.6 Å². The Morgan fingerprint density at radius 2 is 1.90 bits per heavy atom. The SMILES string of the molecule is O=C1CCCN1c1oc(-c2ccc(Cl)c(Cl)c2)c(O)c1O. The number of hydrogen-bond donors (Lipinski definition) is 2. The summed E-state index contributed by atoms with van der Waals surface area (Å²) in [6.45, 7) is 0.445. The van der Waals surface area contributed by atoms with E-state index in [0.717, 1.165) is 0 Å². The fraction of sp³-hybridized carbons (Fsp3) is 0.214. The molecule has 110 valence electrons. The van der Waals surface area contributed by atoms with Crippen molar-refractivity contribution in [1.29, 1.82) is 0 Å². The van der Waals surface area contributed by atoms with Crippen molar-refractivity contribution in [1.82, 2.24) is 0 Å². The Hall–Kier alpha value is -1.85. The molecule has 1 saturated heterocycles. The zero-order valence-corrected chi connectivity index (χ0v) is 12.3. The molecule has 1 aromatic heterocycles. The molecule has 0 radical (unpaired) electrons. The van der Waals surface area contributed by atoms with E-state index in [0.29, 0.717) is 35.0 Å². The summed E-state index contributed by atoms with van der Waals surface area (Å²) in [4.78, 5) is 13.0. The Morgan fingerprint density at radius 1 is 1.14 bits per heavy atom. The van der Waals surface area contributed by atoms with Crippen LogP contribution in [0.5, 0.6) is 11.5 Å². The van der Waals surface area contributed by atoms with Gasteiger partial charge in [0.25, 0.3) is 0 Å². The summed E-state index contributed by atoms with van der Waals surface area (Å²) < 4.78 is 5.48. The van der Waals surface area contributed by atoms with Crippen molar-refractivity contribution in [3.05, 3.63) is 28.2 Å². The number of anilines is 1. The van der Waals surface area contributed by atoms with Crippen LogP contribution in [0.1, 0.15) is 12.8 Å². The van der Waals surface area contributed by atoms with Crippen LogP contribution >= 0.6 is 23.2 Å². The van der Waals surface area contributed by atoms with Crippen LogP contribution in [-0.4, -0.2) is 22.7 Å². The van der Waals surface area contributed by atoms with Gasteiger partial charge in [0.05, 0.1) is 10.0 Å². The summed E-state index contributed by atoms with van der Waals surface area (Å²) in [6.07, 6.45) is 1.07. The average Bonchev–Trinajstić information content (AvgIpc) is 2.99. The first kappa shape index (κ1) is 14.1. The van der Waals surface area contributed by atoms with Crippen LogP contribution in [0.2, 0.25) is 10.0 Å². The summed E-state index contributed by atoms with van der Waals surface area (Å²) in [5, 5.41) is 20.7. The number of amides is 1. The van der Waals surface area contributed by atoms with Crippen LogP contribution < -0.4 is 4.90 Å². The van der Waals surface area contributed by atoms with Gasteiger partial charge in [-0.15, -0.1) is 0 Å². The van der Waals surface area contributed by atoms with E-state index in [1.807, 2.05) is 0 Å². The molecule has 21 heavy (non-hydrogen) atoms. The number of carbonyl (C=O) groups is 1. The van der Waals surface area contributed by atoms with Crippen molar-refractivity contribution < 1.29 is 19.4 Å². The average molecular weight is 328 g/mol. The van der Waals surface area contributed by atoms with Gasteiger partial charge in [0, 0.05) is 18.5 Å². The monoisotopic (exact) mass is 327 g/mol. The summed E-state index contributed by atoms with van der Waals surface area (Å²) in [6, 6.07) is 4.66. The number of carbonyl (C=O) groups excluding carboxylic acids is 1. The summed E-state index contributed by atoms with van der Waals surface area (Å²) in [5.41, 5.74) is 0.454. The molecule has 5 nitrogen and oxygen atoms in total. The molecule has 2 heterocycles. The lowest BCUT2D eigenvalue weighted by Crippen LogP contribution is -2.23. The molecule has 0 unspecified atom stereocenters. The first-order valence-electron chi connectivity index (χ1n) is 6.29. The predicted molar refractivity (Wildman–Crippen MR) is 79.1 cm³/mol. The number of furan rings is 1. The van der Waals surface area contributed by atoms with E-state index in [-0.39, 0.29) is 17.6 Å². The van der Waals surface area contributed by atoms with Crippen LogP contribution in [0.4, 0.5) is 5.88 Å². The number of nitrogens with zero attached hydrogens (tertiary/aromatic N) is 1. The van der Waals surface area contributed by atoms with E-state index >= 15 is 0 Å². The van der Waals surface area contributed by atoms with Crippen LogP contribution in [0, 0.1) is 0 Å². The highest BCUT2D eigenvalue weighted by molar-refractivity contribution is 6.42. The van der Waals surface area contributed by atoms with Crippen LogP contribution in [0.3, 0.4) is 0 Å². The maximum Gasteiger partial charge on any atom is 0.249 e. The van der Waals surface area contributed by atoms with E-state index < -0.39 is 11.5 Å². The molecule has 1 aromatic carbocycles. The topological polar surface area (TPSA) is 73.9 Å². The maximum absolute atomic E-state index is 11.7. The van der Waals surface area contributed by atoms with Crippen molar-refractivity contribution >= 4 is 35.0 Å². The molecule has 1 aliphatic heterocycles. The van der Waals surface area contributed by atoms with Crippen molar-refractivity contribution in [2.24, 2.45) is 0 Å². The lowest BCUT2D eigenvalue weighted by molar-refractivity contribution is -0.117. The first-order valence-corrected chi connectivity index (χ1v) is 7.05. The molecular formula is C14H11Cl2NO4. The van der Waals surface area contributed by atoms with E-state index in [4.69, 9.17) is 27.6 Å². The second kappa shape index (κ2) is 5.16. The molecule has 2 aromatic rings. The molecule has 0 atom stereocenters. The lowest BCUT2D eigenvalue weighted by atomic mass is 10.1. The van der Waals surface area contributed by atoms with Gasteiger partial charge in [0.15, 0.2) is 5.76 Å². The second-order valence-corrected chi connectivity index (χ2v) is 5.53. The molecule has 1 amide bonds. The number of benzene rings is 1. The molecule has 7 heteroatoms. The summed E-state index contributed by atoms with van der Waals surface area (Å²) in [7, 11) is 0. The maximum atomic E-state index is 11.7. The zero-order chi connectivity index (χ0) is 15.1. The minimum absolute atomic E-state index is 0.0424. The van der Waals surface area contributed by atoms with Gasteiger partial charge in [-0.3, -0.25) is 9.69 Å². The Balaban J connectivity index is 2.08. The van der Waals surface area contributed by atoms with E-state index in [1.165, 1.54) is 11.0 Å². The van der Waals surface area contributed by atoms with Gasteiger partial charge in [0.2, 0.25) is 23.3 Å². The molecule has 1 fully saturated rings. The van der Waals surface area contributed by atoms with Crippen molar-refractivity contribution in [2.75, 3.05) is 11.4 Å². The third-order valence-electron chi connectivity index (χ3n) is 3.34. The Kier molecular flexibility index (Phi) is 3.47. The summed E-state index contributed by atoms with van der Waals surface area (Å²) >= 11 is 11.8. The van der Waals surface area contributed by atoms with Crippen LogP contribution in [0.15, 0.2) is 22.6 Å². The quantitative estimate of drug-likeness (QED) is 0.879. The number of halogens is 2. The van der Waals surface area contributed by atoms with Gasteiger partial charge in [0.1, 0.15) is 0 Å². The Bertz CT molecular complexity index is 726. The van der Waals surface area contributed by atoms with E-state index in [2.05, 4.69) is 0 Å². The van der Waals surface area contributed by atoms with E-state index in [9.17, 15) is 15.0 Å². The molecule has 0 saturated carbocycles. The zero-order valence-electron chi connectivity index (χ0n) is 10.8. The number of rotatable bonds is 2. The highest BCUT2D eigenvalue weighted by Gasteiger charge is 2.31. The Morgan fingerprint density at radius 3 is 2.52 bits per heavy atom. The molecule has 0 aliphatic carbocycles. The van der Waals surface area contributed by atoms with E-state index in [1.54, 1.807) is 12.1 Å². The minimum atomic E-state index is -0.452. The van der Waals surface area contributed by atoms with Gasteiger partial charge >= 0.3 is 0 Å². The predicted octanol–water partition coefficient (Wildman–Crippen LogP) is 3.79. The van der Waals surface area contributed by atoms with Gasteiger partial charge < -0.3 is 14.6 Å². The van der Waals surface area contributed by atoms with Crippen molar-refractivity contribution in [3.63, 3.8) is 0 Å². The second-order valence-electron chi connectivity index (χ2n) is 4.71. The molecular weight excluding hydrogens is 317 g/mol. The summed E-state index contributed by atoms with van der Waals surface area (Å²) in [5.74, 6) is -1.04. The minimum Gasteiger partial charge on any atom is -0.502 e. The largest absolute Gasteiger partial charge is 0.502 e. The molecule has 3 rings (SSSR count). The number of hydrogen-bond acceptors (Lipinski definition) is 4. The highest BCUT2D eigenvalue weighted by Crippen LogP contribution is 2.48. The molecule has 0 spiro atoms. The van der Waals surface area contributed by atoms with Gasteiger partial charge in [-0.25, -0.2) is 0 Å². The Labute approximate surface area is 130 Å². The fourth-order valence-electron chi connectivity index (χ4n) is 2.28. The molecule has 2 N–H and O–H groups in total. The third-order valence-corrected chi connectivity index (χ3v) is 4.08. The standard InChI is InChI=1S/C14H11Cl2NO4/c15-8-4-3-7(6-9(8)16)13-11(19)12(20)14(21-13)17-5-1-2-10(17)18/h3-4,6,19-20H,1-2,5H2. The lowest BCUT2D eigenvalue weighted by Gasteiger charge is -2.11. The van der Waals surface area contributed by atoms with Crippen LogP contribution in [0.25, 0.3) is 11.3 Å². The number of aromatic hydroxyl groups is 2. The molecule has 0 bridgehead atoms. The van der Waals surface area contributed by atoms with Crippen molar-refractivity contribution in [3.8, 4) is 22.8 Å². The molecule has 1 aliphatic rings. The van der Waals surface area contributed by atoms with Gasteiger partial charge in [-0.2, -0.15) is 0 Å². The van der Waals surface area contributed by atoms with Gasteiger partial charge in [-0.1, -0.05) is 23.2 Å². The van der Waals surface area contributed by atoms with Crippen LogP contribution in [-0.2, 0) is 4.79 Å².